The minimum Gasteiger partial charge on any atom is -0.315 e. The van der Waals surface area contributed by atoms with Crippen LogP contribution in [0, 0.1) is 11.8 Å². The van der Waals surface area contributed by atoms with E-state index < -0.39 is 6.18 Å². The Balaban J connectivity index is 2.56. The molecular weight excluding hydrogens is 265 g/mol. The normalized spacial score (nSPS) is 19.6. The van der Waals surface area contributed by atoms with Gasteiger partial charge >= 0.3 is 6.18 Å². The summed E-state index contributed by atoms with van der Waals surface area (Å²) in [5.41, 5.74) is -0.369. The predicted octanol–water partition coefficient (Wildman–Crippen LogP) is 3.45. The predicted molar refractivity (Wildman–Crippen MR) is 76.7 cm³/mol. The molecule has 0 aliphatic carbocycles. The Morgan fingerprint density at radius 1 is 1.20 bits per heavy atom. The van der Waals surface area contributed by atoms with Gasteiger partial charge in [0.1, 0.15) is 0 Å². The fourth-order valence-corrected chi connectivity index (χ4v) is 2.55. The van der Waals surface area contributed by atoms with E-state index >= 15 is 0 Å². The zero-order valence-electron chi connectivity index (χ0n) is 12.9. The average Bonchev–Trinajstić information content (AvgIpc) is 2.33. The topological polar surface area (TPSA) is 15.3 Å². The van der Waals surface area contributed by atoms with Crippen molar-refractivity contribution < 1.29 is 13.2 Å². The molecule has 1 aliphatic heterocycles. The van der Waals surface area contributed by atoms with Gasteiger partial charge in [-0.3, -0.25) is 4.90 Å². The van der Waals surface area contributed by atoms with Crippen LogP contribution in [0.15, 0.2) is 11.6 Å². The van der Waals surface area contributed by atoms with Crippen LogP contribution in [0.5, 0.6) is 0 Å². The highest BCUT2D eigenvalue weighted by molar-refractivity contribution is 5.13. The molecule has 0 aromatic carbocycles. The molecule has 20 heavy (non-hydrogen) atoms. The number of hydrogen-bond donors (Lipinski definition) is 1. The molecule has 5 heteroatoms. The van der Waals surface area contributed by atoms with Crippen molar-refractivity contribution in [2.45, 2.75) is 46.3 Å². The maximum Gasteiger partial charge on any atom is 0.412 e. The Hall–Kier alpha value is -0.550. The number of hydrogen-bond acceptors (Lipinski definition) is 2. The fourth-order valence-electron chi connectivity index (χ4n) is 2.55. The molecule has 2 nitrogen and oxygen atoms in total. The Morgan fingerprint density at radius 3 is 2.25 bits per heavy atom. The SMILES string of the molecule is CC(C)CNCC(C(C)C)N1CC=C(C(F)(F)F)CC1. The molecule has 1 aliphatic rings. The van der Waals surface area contributed by atoms with Crippen molar-refractivity contribution in [1.82, 2.24) is 10.2 Å². The summed E-state index contributed by atoms with van der Waals surface area (Å²) in [4.78, 5) is 2.16. The van der Waals surface area contributed by atoms with Crippen LogP contribution in [0.4, 0.5) is 13.2 Å². The molecule has 0 saturated carbocycles. The third-order valence-electron chi connectivity index (χ3n) is 3.75. The number of rotatable bonds is 6. The number of nitrogens with one attached hydrogen (secondary N) is 1. The molecule has 0 spiro atoms. The molecule has 1 heterocycles. The first-order valence-corrected chi connectivity index (χ1v) is 7.42. The van der Waals surface area contributed by atoms with Gasteiger partial charge in [0.05, 0.1) is 0 Å². The van der Waals surface area contributed by atoms with E-state index in [1.54, 1.807) is 0 Å². The smallest absolute Gasteiger partial charge is 0.315 e. The lowest BCUT2D eigenvalue weighted by Crippen LogP contribution is -2.48. The van der Waals surface area contributed by atoms with Crippen molar-refractivity contribution in [3.05, 3.63) is 11.6 Å². The lowest BCUT2D eigenvalue weighted by Gasteiger charge is -2.37. The molecule has 0 bridgehead atoms. The second-order valence-electron chi connectivity index (χ2n) is 6.34. The van der Waals surface area contributed by atoms with Crippen LogP contribution in [-0.4, -0.2) is 43.3 Å². The van der Waals surface area contributed by atoms with E-state index in [1.165, 1.54) is 6.08 Å². The Bertz CT molecular complexity index is 322. The van der Waals surface area contributed by atoms with Gasteiger partial charge in [0.25, 0.3) is 0 Å². The van der Waals surface area contributed by atoms with Crippen molar-refractivity contribution in [3.63, 3.8) is 0 Å². The van der Waals surface area contributed by atoms with Crippen LogP contribution in [0.25, 0.3) is 0 Å². The highest BCUT2D eigenvalue weighted by Gasteiger charge is 2.36. The summed E-state index contributed by atoms with van der Waals surface area (Å²) in [5, 5.41) is 3.42. The average molecular weight is 292 g/mol. The summed E-state index contributed by atoms with van der Waals surface area (Å²) >= 11 is 0. The minimum absolute atomic E-state index is 0.108. The summed E-state index contributed by atoms with van der Waals surface area (Å²) in [6.07, 6.45) is -2.70. The second kappa shape index (κ2) is 7.46. The molecule has 1 N–H and O–H groups in total. The van der Waals surface area contributed by atoms with Gasteiger partial charge in [-0.15, -0.1) is 0 Å². The van der Waals surface area contributed by atoms with Crippen LogP contribution in [0.1, 0.15) is 34.1 Å². The highest BCUT2D eigenvalue weighted by Crippen LogP contribution is 2.31. The van der Waals surface area contributed by atoms with E-state index in [-0.39, 0.29) is 12.0 Å². The number of alkyl halides is 3. The maximum absolute atomic E-state index is 12.6. The second-order valence-corrected chi connectivity index (χ2v) is 6.34. The van der Waals surface area contributed by atoms with E-state index in [4.69, 9.17) is 0 Å². The van der Waals surface area contributed by atoms with Gasteiger partial charge in [0.2, 0.25) is 0 Å². The van der Waals surface area contributed by atoms with Crippen molar-refractivity contribution in [1.29, 1.82) is 0 Å². The van der Waals surface area contributed by atoms with Crippen molar-refractivity contribution in [3.8, 4) is 0 Å². The van der Waals surface area contributed by atoms with Gasteiger partial charge in [-0.2, -0.15) is 13.2 Å². The summed E-state index contributed by atoms with van der Waals surface area (Å²) in [7, 11) is 0. The summed E-state index contributed by atoms with van der Waals surface area (Å²) < 4.78 is 37.9. The summed E-state index contributed by atoms with van der Waals surface area (Å²) in [6, 6.07) is 0.291. The Morgan fingerprint density at radius 2 is 1.85 bits per heavy atom. The third-order valence-corrected chi connectivity index (χ3v) is 3.75. The van der Waals surface area contributed by atoms with E-state index in [9.17, 15) is 13.2 Å². The Kier molecular flexibility index (Phi) is 6.52. The van der Waals surface area contributed by atoms with E-state index in [1.807, 2.05) is 0 Å². The van der Waals surface area contributed by atoms with Crippen LogP contribution >= 0.6 is 0 Å². The lowest BCUT2D eigenvalue weighted by molar-refractivity contribution is -0.0965. The zero-order valence-corrected chi connectivity index (χ0v) is 12.9. The molecule has 0 radical (unpaired) electrons. The molecule has 1 atom stereocenters. The van der Waals surface area contributed by atoms with E-state index in [0.717, 1.165) is 13.1 Å². The van der Waals surface area contributed by atoms with Crippen molar-refractivity contribution in [2.75, 3.05) is 26.2 Å². The molecule has 0 fully saturated rings. The largest absolute Gasteiger partial charge is 0.412 e. The molecule has 0 aromatic rings. The standard InChI is InChI=1S/C15H27F3N2/c1-11(2)9-19-10-14(12(3)4)20-7-5-13(6-8-20)15(16,17)18/h5,11-12,14,19H,6-10H2,1-4H3. The minimum atomic E-state index is -4.16. The number of halogens is 3. The first-order chi connectivity index (χ1) is 9.21. The third kappa shape index (κ3) is 5.44. The molecular formula is C15H27F3N2. The molecule has 0 aromatic heterocycles. The number of nitrogens with zero attached hydrogens (tertiary/aromatic N) is 1. The quantitative estimate of drug-likeness (QED) is 0.754. The molecule has 1 rings (SSSR count). The van der Waals surface area contributed by atoms with Crippen LogP contribution in [-0.2, 0) is 0 Å². The van der Waals surface area contributed by atoms with Crippen LogP contribution in [0.3, 0.4) is 0 Å². The van der Waals surface area contributed by atoms with Gasteiger partial charge in [-0.05, 0) is 24.8 Å². The van der Waals surface area contributed by atoms with Gasteiger partial charge in [-0.25, -0.2) is 0 Å². The van der Waals surface area contributed by atoms with E-state index in [0.29, 0.717) is 31.0 Å². The molecule has 118 valence electrons. The maximum atomic E-state index is 12.6. The van der Waals surface area contributed by atoms with Crippen LogP contribution in [0.2, 0.25) is 0 Å². The first kappa shape index (κ1) is 17.5. The van der Waals surface area contributed by atoms with Gasteiger partial charge in [-0.1, -0.05) is 33.8 Å². The zero-order chi connectivity index (χ0) is 15.3. The van der Waals surface area contributed by atoms with Gasteiger partial charge < -0.3 is 5.32 Å². The van der Waals surface area contributed by atoms with Crippen molar-refractivity contribution >= 4 is 0 Å². The summed E-state index contributed by atoms with van der Waals surface area (Å²) in [6.45, 7) is 11.2. The Labute approximate surface area is 120 Å². The fraction of sp³-hybridized carbons (Fsp3) is 0.867. The lowest BCUT2D eigenvalue weighted by atomic mass is 9.98. The van der Waals surface area contributed by atoms with Crippen LogP contribution < -0.4 is 5.32 Å². The monoisotopic (exact) mass is 292 g/mol. The summed E-state index contributed by atoms with van der Waals surface area (Å²) in [5.74, 6) is 1.01. The van der Waals surface area contributed by atoms with Crippen molar-refractivity contribution in [2.24, 2.45) is 11.8 Å². The molecule has 0 amide bonds. The molecule has 1 unspecified atom stereocenters. The highest BCUT2D eigenvalue weighted by atomic mass is 19.4. The van der Waals surface area contributed by atoms with E-state index in [2.05, 4.69) is 37.9 Å². The van der Waals surface area contributed by atoms with Gasteiger partial charge in [0.15, 0.2) is 0 Å². The first-order valence-electron chi connectivity index (χ1n) is 7.42. The molecule has 0 saturated heterocycles. The van der Waals surface area contributed by atoms with Gasteiger partial charge in [0, 0.05) is 31.2 Å².